The van der Waals surface area contributed by atoms with E-state index in [-0.39, 0.29) is 5.54 Å². The Labute approximate surface area is 117 Å². The van der Waals surface area contributed by atoms with Crippen molar-refractivity contribution in [2.45, 2.75) is 38.8 Å². The van der Waals surface area contributed by atoms with Gasteiger partial charge < -0.3 is 5.32 Å². The van der Waals surface area contributed by atoms with E-state index in [0.717, 1.165) is 29.9 Å². The Balaban J connectivity index is 2.05. The summed E-state index contributed by atoms with van der Waals surface area (Å²) in [5, 5.41) is 4.73. The second kappa shape index (κ2) is 6.00. The third-order valence-electron chi connectivity index (χ3n) is 3.43. The van der Waals surface area contributed by atoms with Gasteiger partial charge in [0.15, 0.2) is 0 Å². The topological polar surface area (TPSA) is 24.9 Å². The average Bonchev–Trinajstić information content (AvgIpc) is 2.79. The lowest BCUT2D eigenvalue weighted by Crippen LogP contribution is -2.41. The van der Waals surface area contributed by atoms with Gasteiger partial charge in [-0.05, 0) is 31.9 Å². The first-order valence-corrected chi connectivity index (χ1v) is 7.67. The van der Waals surface area contributed by atoms with Crippen LogP contribution in [0.1, 0.15) is 31.7 Å². The number of nitrogens with zero attached hydrogens (tertiary/aromatic N) is 1. The molecular formula is C14H19ClN2S. The maximum atomic E-state index is 5.86. The van der Waals surface area contributed by atoms with Gasteiger partial charge >= 0.3 is 0 Å². The van der Waals surface area contributed by atoms with Crippen molar-refractivity contribution in [3.63, 3.8) is 0 Å². The maximum Gasteiger partial charge on any atom is 0.108 e. The Kier molecular flexibility index (Phi) is 4.60. The Bertz CT molecular complexity index is 478. The predicted octanol–water partition coefficient (Wildman–Crippen LogP) is 4.18. The first-order valence-electron chi connectivity index (χ1n) is 6.32. The van der Waals surface area contributed by atoms with Crippen LogP contribution < -0.4 is 5.32 Å². The number of para-hydroxylation sites is 1. The monoisotopic (exact) mass is 282 g/mol. The molecular weight excluding hydrogens is 264 g/mol. The number of fused-ring (bicyclic) bond motifs is 1. The largest absolute Gasteiger partial charge is 0.305 e. The molecule has 0 saturated carbocycles. The molecule has 0 fully saturated rings. The molecule has 1 unspecified atom stereocenters. The van der Waals surface area contributed by atoms with Crippen LogP contribution in [-0.2, 0) is 6.54 Å². The smallest absolute Gasteiger partial charge is 0.108 e. The number of hydrogen-bond donors (Lipinski definition) is 1. The molecule has 0 radical (unpaired) electrons. The van der Waals surface area contributed by atoms with Crippen LogP contribution >= 0.6 is 22.9 Å². The molecule has 0 saturated heterocycles. The number of nitrogens with one attached hydrogen (secondary N) is 1. The van der Waals surface area contributed by atoms with E-state index in [1.54, 1.807) is 11.3 Å². The predicted molar refractivity (Wildman–Crippen MR) is 80.5 cm³/mol. The van der Waals surface area contributed by atoms with E-state index in [9.17, 15) is 0 Å². The molecule has 1 aromatic heterocycles. The highest BCUT2D eigenvalue weighted by Crippen LogP contribution is 2.23. The summed E-state index contributed by atoms with van der Waals surface area (Å²) in [6, 6.07) is 8.27. The fourth-order valence-corrected chi connectivity index (χ4v) is 3.21. The number of rotatable bonds is 6. The van der Waals surface area contributed by atoms with Crippen molar-refractivity contribution in [1.82, 2.24) is 10.3 Å². The zero-order valence-electron chi connectivity index (χ0n) is 10.9. The van der Waals surface area contributed by atoms with Crippen molar-refractivity contribution in [3.05, 3.63) is 29.3 Å². The quantitative estimate of drug-likeness (QED) is 0.804. The standard InChI is InChI=1S/C14H19ClN2S/c1-3-14(2,8-9-15)16-10-13-17-11-6-4-5-7-12(11)18-13/h4-7,16H,3,8-10H2,1-2H3. The van der Waals surface area contributed by atoms with Gasteiger partial charge in [-0.1, -0.05) is 19.1 Å². The Hall–Kier alpha value is -0.640. The molecule has 0 aliphatic carbocycles. The molecule has 0 aliphatic heterocycles. The van der Waals surface area contributed by atoms with Crippen LogP contribution in [0.4, 0.5) is 0 Å². The molecule has 1 N–H and O–H groups in total. The SMILES string of the molecule is CCC(C)(CCCl)NCc1nc2ccccc2s1. The fraction of sp³-hybridized carbons (Fsp3) is 0.500. The van der Waals surface area contributed by atoms with Crippen LogP contribution in [0.5, 0.6) is 0 Å². The third-order valence-corrected chi connectivity index (χ3v) is 4.66. The number of thiazole rings is 1. The summed E-state index contributed by atoms with van der Waals surface area (Å²) in [6.07, 6.45) is 2.06. The summed E-state index contributed by atoms with van der Waals surface area (Å²) >= 11 is 7.62. The first-order chi connectivity index (χ1) is 8.67. The van der Waals surface area contributed by atoms with Crippen LogP contribution in [0.3, 0.4) is 0 Å². The summed E-state index contributed by atoms with van der Waals surface area (Å²) in [5.41, 5.74) is 1.20. The number of halogens is 1. The number of aromatic nitrogens is 1. The van der Waals surface area contributed by atoms with E-state index in [1.165, 1.54) is 4.70 Å². The first kappa shape index (κ1) is 13.8. The highest BCUT2D eigenvalue weighted by atomic mass is 35.5. The Morgan fingerprint density at radius 2 is 2.17 bits per heavy atom. The van der Waals surface area contributed by atoms with E-state index in [4.69, 9.17) is 11.6 Å². The van der Waals surface area contributed by atoms with E-state index < -0.39 is 0 Å². The summed E-state index contributed by atoms with van der Waals surface area (Å²) in [4.78, 5) is 4.63. The molecule has 1 heterocycles. The van der Waals surface area contributed by atoms with Crippen LogP contribution in [-0.4, -0.2) is 16.4 Å². The summed E-state index contributed by atoms with van der Waals surface area (Å²) < 4.78 is 1.25. The highest BCUT2D eigenvalue weighted by Gasteiger charge is 2.20. The van der Waals surface area contributed by atoms with Crippen LogP contribution in [0.2, 0.25) is 0 Å². The van der Waals surface area contributed by atoms with Crippen LogP contribution in [0, 0.1) is 0 Å². The van der Waals surface area contributed by atoms with E-state index >= 15 is 0 Å². The molecule has 0 spiro atoms. The molecule has 1 aromatic carbocycles. The second-order valence-corrected chi connectivity index (χ2v) is 6.28. The zero-order valence-corrected chi connectivity index (χ0v) is 12.4. The molecule has 4 heteroatoms. The van der Waals surface area contributed by atoms with Gasteiger partial charge in [0.1, 0.15) is 5.01 Å². The number of hydrogen-bond acceptors (Lipinski definition) is 3. The maximum absolute atomic E-state index is 5.86. The van der Waals surface area contributed by atoms with Gasteiger partial charge in [-0.15, -0.1) is 22.9 Å². The molecule has 2 aromatic rings. The van der Waals surface area contributed by atoms with Gasteiger partial charge in [0.2, 0.25) is 0 Å². The minimum atomic E-state index is 0.111. The van der Waals surface area contributed by atoms with Gasteiger partial charge in [0.25, 0.3) is 0 Å². The van der Waals surface area contributed by atoms with Crippen molar-refractivity contribution in [3.8, 4) is 0 Å². The zero-order chi connectivity index (χ0) is 13.0. The van der Waals surface area contributed by atoms with Crippen molar-refractivity contribution in [1.29, 1.82) is 0 Å². The number of benzene rings is 1. The van der Waals surface area contributed by atoms with Crippen molar-refractivity contribution >= 4 is 33.2 Å². The molecule has 98 valence electrons. The molecule has 0 amide bonds. The Morgan fingerprint density at radius 1 is 1.39 bits per heavy atom. The summed E-state index contributed by atoms with van der Waals surface area (Å²) in [5.74, 6) is 0.692. The normalized spacial score (nSPS) is 14.8. The third kappa shape index (κ3) is 3.22. The molecule has 1 atom stereocenters. The van der Waals surface area contributed by atoms with E-state index in [1.807, 2.05) is 6.07 Å². The van der Waals surface area contributed by atoms with E-state index in [2.05, 4.69) is 42.3 Å². The minimum Gasteiger partial charge on any atom is -0.305 e. The lowest BCUT2D eigenvalue weighted by Gasteiger charge is -2.28. The molecule has 0 bridgehead atoms. The molecule has 0 aliphatic rings. The second-order valence-electron chi connectivity index (χ2n) is 4.78. The average molecular weight is 283 g/mol. The lowest BCUT2D eigenvalue weighted by molar-refractivity contribution is 0.331. The fourth-order valence-electron chi connectivity index (χ4n) is 1.88. The summed E-state index contributed by atoms with van der Waals surface area (Å²) in [7, 11) is 0. The van der Waals surface area contributed by atoms with Gasteiger partial charge in [-0.25, -0.2) is 4.98 Å². The van der Waals surface area contributed by atoms with Gasteiger partial charge in [-0.3, -0.25) is 0 Å². The summed E-state index contributed by atoms with van der Waals surface area (Å²) in [6.45, 7) is 5.24. The van der Waals surface area contributed by atoms with Crippen molar-refractivity contribution in [2.24, 2.45) is 0 Å². The van der Waals surface area contributed by atoms with Crippen LogP contribution in [0.15, 0.2) is 24.3 Å². The van der Waals surface area contributed by atoms with Crippen molar-refractivity contribution in [2.75, 3.05) is 5.88 Å². The molecule has 2 rings (SSSR count). The van der Waals surface area contributed by atoms with E-state index in [0.29, 0.717) is 5.88 Å². The van der Waals surface area contributed by atoms with Gasteiger partial charge in [-0.2, -0.15) is 0 Å². The number of alkyl halides is 1. The molecule has 2 nitrogen and oxygen atoms in total. The lowest BCUT2D eigenvalue weighted by atomic mass is 9.95. The van der Waals surface area contributed by atoms with Crippen molar-refractivity contribution < 1.29 is 0 Å². The van der Waals surface area contributed by atoms with Gasteiger partial charge in [0.05, 0.1) is 10.2 Å². The molecule has 18 heavy (non-hydrogen) atoms. The minimum absolute atomic E-state index is 0.111. The highest BCUT2D eigenvalue weighted by molar-refractivity contribution is 7.18. The van der Waals surface area contributed by atoms with Gasteiger partial charge in [0, 0.05) is 18.0 Å². The van der Waals surface area contributed by atoms with Crippen LogP contribution in [0.25, 0.3) is 10.2 Å². The Morgan fingerprint density at radius 3 is 2.83 bits per heavy atom.